The fourth-order valence-electron chi connectivity index (χ4n) is 2.37. The van der Waals surface area contributed by atoms with Gasteiger partial charge in [-0.05, 0) is 19.1 Å². The maximum absolute atomic E-state index is 11.5. The van der Waals surface area contributed by atoms with Crippen LogP contribution in [0.4, 0.5) is 0 Å². The molecule has 0 saturated carbocycles. The average molecular weight is 345 g/mol. The largest absolute Gasteiger partial charge is 0.455 e. The van der Waals surface area contributed by atoms with Gasteiger partial charge in [0.25, 0.3) is 5.89 Å². The molecule has 122 valence electrons. The highest BCUT2D eigenvalue weighted by Crippen LogP contribution is 2.30. The van der Waals surface area contributed by atoms with Crippen LogP contribution >= 0.6 is 0 Å². The molecule has 1 aromatic carbocycles. The number of furan rings is 2. The third-order valence-electron chi connectivity index (χ3n) is 3.46. The molecule has 2 N–H and O–H groups in total. The summed E-state index contributed by atoms with van der Waals surface area (Å²) in [5.74, 6) is 0.958. The van der Waals surface area contributed by atoms with E-state index < -0.39 is 10.0 Å². The van der Waals surface area contributed by atoms with Gasteiger partial charge in [-0.3, -0.25) is 0 Å². The van der Waals surface area contributed by atoms with Crippen LogP contribution in [0.25, 0.3) is 34.2 Å². The molecule has 0 unspecified atom stereocenters. The zero-order valence-electron chi connectivity index (χ0n) is 12.4. The smallest absolute Gasteiger partial charge is 0.294 e. The van der Waals surface area contributed by atoms with Gasteiger partial charge >= 0.3 is 0 Å². The molecule has 4 rings (SSSR count). The van der Waals surface area contributed by atoms with Crippen LogP contribution in [-0.4, -0.2) is 18.6 Å². The molecule has 4 aromatic rings. The SMILES string of the molecule is Cc1oc(-c2nc(-c3cc4ccccc4o3)no2)cc1S(N)(=O)=O. The summed E-state index contributed by atoms with van der Waals surface area (Å²) in [7, 11) is -3.89. The monoisotopic (exact) mass is 345 g/mol. The summed E-state index contributed by atoms with van der Waals surface area (Å²) in [5.41, 5.74) is 0.698. The lowest BCUT2D eigenvalue weighted by Gasteiger charge is -1.90. The Kier molecular flexibility index (Phi) is 3.08. The molecule has 9 heteroatoms. The van der Waals surface area contributed by atoms with Crippen molar-refractivity contribution in [1.29, 1.82) is 0 Å². The van der Waals surface area contributed by atoms with Crippen LogP contribution in [-0.2, 0) is 10.0 Å². The van der Waals surface area contributed by atoms with Crippen molar-refractivity contribution >= 4 is 21.0 Å². The quantitative estimate of drug-likeness (QED) is 0.605. The number of para-hydroxylation sites is 1. The first-order valence-corrected chi connectivity index (χ1v) is 8.43. The highest BCUT2D eigenvalue weighted by Gasteiger charge is 2.22. The molecule has 0 amide bonds. The van der Waals surface area contributed by atoms with Crippen molar-refractivity contribution < 1.29 is 21.8 Å². The molecule has 0 aliphatic carbocycles. The number of fused-ring (bicyclic) bond motifs is 1. The van der Waals surface area contributed by atoms with Crippen molar-refractivity contribution in [2.45, 2.75) is 11.8 Å². The Hall–Kier alpha value is -2.91. The summed E-state index contributed by atoms with van der Waals surface area (Å²) in [6.07, 6.45) is 0. The van der Waals surface area contributed by atoms with Crippen LogP contribution in [0.3, 0.4) is 0 Å². The Balaban J connectivity index is 1.75. The fraction of sp³-hybridized carbons (Fsp3) is 0.0667. The van der Waals surface area contributed by atoms with Gasteiger partial charge in [0, 0.05) is 11.5 Å². The van der Waals surface area contributed by atoms with Crippen molar-refractivity contribution in [3.8, 4) is 23.2 Å². The number of sulfonamides is 1. The standard InChI is InChI=1S/C15H11N3O5S/c1-8-13(24(16,19)20)7-12(21-8)15-17-14(18-23-15)11-6-9-4-2-3-5-10(9)22-11/h2-7H,1H3,(H2,16,19,20). The van der Waals surface area contributed by atoms with E-state index in [9.17, 15) is 8.42 Å². The van der Waals surface area contributed by atoms with Crippen molar-refractivity contribution in [2.24, 2.45) is 5.14 Å². The van der Waals surface area contributed by atoms with Crippen LogP contribution in [0.15, 0.2) is 54.7 Å². The number of nitrogens with zero attached hydrogens (tertiary/aromatic N) is 2. The van der Waals surface area contributed by atoms with Gasteiger partial charge in [0.2, 0.25) is 15.8 Å². The molecule has 0 atom stereocenters. The summed E-state index contributed by atoms with van der Waals surface area (Å²) in [6.45, 7) is 1.49. The van der Waals surface area contributed by atoms with Gasteiger partial charge in [-0.1, -0.05) is 23.4 Å². The van der Waals surface area contributed by atoms with Crippen molar-refractivity contribution in [2.75, 3.05) is 0 Å². The molecule has 0 radical (unpaired) electrons. The zero-order valence-corrected chi connectivity index (χ0v) is 13.2. The highest BCUT2D eigenvalue weighted by molar-refractivity contribution is 7.89. The van der Waals surface area contributed by atoms with E-state index in [1.54, 1.807) is 6.07 Å². The number of hydrogen-bond acceptors (Lipinski definition) is 7. The second kappa shape index (κ2) is 5.05. The lowest BCUT2D eigenvalue weighted by molar-refractivity contribution is 0.412. The molecule has 0 aliphatic heterocycles. The molecule has 0 spiro atoms. The molecule has 0 bridgehead atoms. The summed E-state index contributed by atoms with van der Waals surface area (Å²) in [4.78, 5) is 4.06. The normalized spacial score (nSPS) is 12.1. The molecule has 8 nitrogen and oxygen atoms in total. The summed E-state index contributed by atoms with van der Waals surface area (Å²) >= 11 is 0. The Morgan fingerprint density at radius 3 is 2.58 bits per heavy atom. The molecule has 0 saturated heterocycles. The van der Waals surface area contributed by atoms with Gasteiger partial charge in [0.1, 0.15) is 16.2 Å². The zero-order chi connectivity index (χ0) is 16.9. The first-order valence-electron chi connectivity index (χ1n) is 6.88. The van der Waals surface area contributed by atoms with E-state index in [0.717, 1.165) is 5.39 Å². The highest BCUT2D eigenvalue weighted by atomic mass is 32.2. The van der Waals surface area contributed by atoms with Gasteiger partial charge < -0.3 is 13.4 Å². The van der Waals surface area contributed by atoms with Crippen LogP contribution in [0.2, 0.25) is 0 Å². The van der Waals surface area contributed by atoms with Crippen molar-refractivity contribution in [1.82, 2.24) is 10.1 Å². The summed E-state index contributed by atoms with van der Waals surface area (Å²) in [5, 5.41) is 9.86. The van der Waals surface area contributed by atoms with E-state index >= 15 is 0 Å². The van der Waals surface area contributed by atoms with E-state index in [1.807, 2.05) is 24.3 Å². The molecule has 3 heterocycles. The minimum atomic E-state index is -3.89. The first kappa shape index (κ1) is 14.7. The van der Waals surface area contributed by atoms with Gasteiger partial charge in [-0.15, -0.1) is 0 Å². The van der Waals surface area contributed by atoms with E-state index in [4.69, 9.17) is 18.5 Å². The minimum absolute atomic E-state index is 0.0310. The lowest BCUT2D eigenvalue weighted by atomic mass is 10.2. The molecule has 24 heavy (non-hydrogen) atoms. The molecule has 3 aromatic heterocycles. The van der Waals surface area contributed by atoms with Crippen LogP contribution in [0.5, 0.6) is 0 Å². The third kappa shape index (κ3) is 2.39. The average Bonchev–Trinajstić information content (AvgIpc) is 3.22. The number of primary sulfonamides is 1. The van der Waals surface area contributed by atoms with Crippen LogP contribution in [0, 0.1) is 6.92 Å². The van der Waals surface area contributed by atoms with Crippen LogP contribution < -0.4 is 5.14 Å². The minimum Gasteiger partial charge on any atom is -0.455 e. The third-order valence-corrected chi connectivity index (χ3v) is 4.48. The lowest BCUT2D eigenvalue weighted by Crippen LogP contribution is -2.12. The maximum atomic E-state index is 11.5. The first-order chi connectivity index (χ1) is 11.4. The van der Waals surface area contributed by atoms with Crippen molar-refractivity contribution in [3.05, 3.63) is 42.2 Å². The Morgan fingerprint density at radius 2 is 1.88 bits per heavy atom. The molecule has 0 aliphatic rings. The Morgan fingerprint density at radius 1 is 1.08 bits per heavy atom. The predicted molar refractivity (Wildman–Crippen MR) is 83.3 cm³/mol. The van der Waals surface area contributed by atoms with E-state index in [2.05, 4.69) is 10.1 Å². The topological polar surface area (TPSA) is 125 Å². The number of aromatic nitrogens is 2. The number of rotatable bonds is 3. The summed E-state index contributed by atoms with van der Waals surface area (Å²) < 4.78 is 39.1. The molecular formula is C15H11N3O5S. The van der Waals surface area contributed by atoms with Gasteiger partial charge in [-0.25, -0.2) is 13.6 Å². The van der Waals surface area contributed by atoms with Gasteiger partial charge in [0.15, 0.2) is 11.5 Å². The van der Waals surface area contributed by atoms with Crippen LogP contribution in [0.1, 0.15) is 5.76 Å². The fourth-order valence-corrected chi connectivity index (χ4v) is 3.08. The number of benzene rings is 1. The van der Waals surface area contributed by atoms with E-state index in [-0.39, 0.29) is 28.1 Å². The Labute approximate surface area is 135 Å². The van der Waals surface area contributed by atoms with E-state index in [1.165, 1.54) is 13.0 Å². The second-order valence-corrected chi connectivity index (χ2v) is 6.68. The van der Waals surface area contributed by atoms with Gasteiger partial charge in [0.05, 0.1) is 0 Å². The summed E-state index contributed by atoms with van der Waals surface area (Å²) in [6, 6.07) is 10.5. The van der Waals surface area contributed by atoms with E-state index in [0.29, 0.717) is 11.3 Å². The predicted octanol–water partition coefficient (Wildman–Crippen LogP) is 2.70. The Bertz CT molecular complexity index is 1120. The second-order valence-electron chi connectivity index (χ2n) is 5.15. The van der Waals surface area contributed by atoms with Gasteiger partial charge in [-0.2, -0.15) is 4.98 Å². The van der Waals surface area contributed by atoms with Crippen molar-refractivity contribution in [3.63, 3.8) is 0 Å². The number of nitrogens with two attached hydrogens (primary N) is 1. The molecule has 0 fully saturated rings. The molecular weight excluding hydrogens is 334 g/mol. The number of hydrogen-bond donors (Lipinski definition) is 1. The number of aryl methyl sites for hydroxylation is 1. The maximum Gasteiger partial charge on any atom is 0.294 e.